The minimum absolute atomic E-state index is 0.111. The molecular formula is C18H18N2O5. The molecule has 7 heteroatoms. The molecule has 0 aromatic heterocycles. The molecular weight excluding hydrogens is 324 g/mol. The largest absolute Gasteiger partial charge is 0.465 e. The number of para-hydroxylation sites is 1. The minimum Gasteiger partial charge on any atom is -0.465 e. The molecule has 0 radical (unpaired) electrons. The van der Waals surface area contributed by atoms with Crippen LogP contribution < -0.4 is 10.6 Å². The summed E-state index contributed by atoms with van der Waals surface area (Å²) in [5, 5.41) is 4.89. The number of anilines is 1. The van der Waals surface area contributed by atoms with Crippen molar-refractivity contribution < 1.29 is 23.9 Å². The van der Waals surface area contributed by atoms with Crippen molar-refractivity contribution in [1.82, 2.24) is 5.32 Å². The number of alkyl carbamates (subject to hydrolysis) is 1. The number of rotatable bonds is 6. The van der Waals surface area contributed by atoms with Gasteiger partial charge in [0.15, 0.2) is 0 Å². The lowest BCUT2D eigenvalue weighted by molar-refractivity contribution is -0.115. The number of benzene rings is 2. The van der Waals surface area contributed by atoms with Gasteiger partial charge >= 0.3 is 12.1 Å². The Morgan fingerprint density at radius 2 is 1.64 bits per heavy atom. The summed E-state index contributed by atoms with van der Waals surface area (Å²) in [7, 11) is 1.26. The van der Waals surface area contributed by atoms with Crippen LogP contribution in [-0.2, 0) is 20.9 Å². The van der Waals surface area contributed by atoms with Crippen molar-refractivity contribution in [1.29, 1.82) is 0 Å². The number of nitrogens with one attached hydrogen (secondary N) is 2. The van der Waals surface area contributed by atoms with Gasteiger partial charge in [-0.1, -0.05) is 42.5 Å². The Labute approximate surface area is 144 Å². The van der Waals surface area contributed by atoms with E-state index in [1.165, 1.54) is 13.2 Å². The molecule has 0 atom stereocenters. The number of carbonyl (C=O) groups is 3. The summed E-state index contributed by atoms with van der Waals surface area (Å²) in [6.45, 7) is -0.178. The third kappa shape index (κ3) is 5.65. The molecule has 7 nitrogen and oxygen atoms in total. The van der Waals surface area contributed by atoms with Crippen molar-refractivity contribution in [3.05, 3.63) is 65.7 Å². The van der Waals surface area contributed by atoms with Crippen molar-refractivity contribution in [2.24, 2.45) is 0 Å². The van der Waals surface area contributed by atoms with Gasteiger partial charge in [-0.3, -0.25) is 4.79 Å². The maximum absolute atomic E-state index is 11.9. The molecule has 25 heavy (non-hydrogen) atoms. The molecule has 2 N–H and O–H groups in total. The van der Waals surface area contributed by atoms with E-state index in [4.69, 9.17) is 4.74 Å². The summed E-state index contributed by atoms with van der Waals surface area (Å²) >= 11 is 0. The van der Waals surface area contributed by atoms with Crippen LogP contribution in [0.1, 0.15) is 15.9 Å². The quantitative estimate of drug-likeness (QED) is 0.786. The fourth-order valence-corrected chi connectivity index (χ4v) is 2.00. The number of carbonyl (C=O) groups excluding carboxylic acids is 3. The SMILES string of the molecule is COC(=O)c1ccccc1NC(=O)CNC(=O)OCc1ccccc1. The van der Waals surface area contributed by atoms with Gasteiger partial charge in [0.25, 0.3) is 0 Å². The summed E-state index contributed by atoms with van der Waals surface area (Å²) < 4.78 is 9.65. The number of hydrogen-bond acceptors (Lipinski definition) is 5. The van der Waals surface area contributed by atoms with E-state index in [0.717, 1.165) is 5.56 Å². The Morgan fingerprint density at radius 1 is 0.960 bits per heavy atom. The highest BCUT2D eigenvalue weighted by atomic mass is 16.5. The van der Waals surface area contributed by atoms with Crippen LogP contribution in [0.4, 0.5) is 10.5 Å². The third-order valence-electron chi connectivity index (χ3n) is 3.21. The van der Waals surface area contributed by atoms with Crippen molar-refractivity contribution in [3.63, 3.8) is 0 Å². The molecule has 0 saturated carbocycles. The zero-order chi connectivity index (χ0) is 18.1. The van der Waals surface area contributed by atoms with Gasteiger partial charge in [-0.2, -0.15) is 0 Å². The van der Waals surface area contributed by atoms with Gasteiger partial charge in [0.05, 0.1) is 18.4 Å². The Hall–Kier alpha value is -3.35. The molecule has 130 valence electrons. The van der Waals surface area contributed by atoms with Crippen LogP contribution in [0.15, 0.2) is 54.6 Å². The Bertz CT molecular complexity index is 746. The van der Waals surface area contributed by atoms with E-state index in [1.807, 2.05) is 30.3 Å². The number of esters is 1. The molecule has 0 heterocycles. The zero-order valence-electron chi connectivity index (χ0n) is 13.7. The average molecular weight is 342 g/mol. The Morgan fingerprint density at radius 3 is 2.36 bits per heavy atom. The van der Waals surface area contributed by atoms with Gasteiger partial charge in [-0.05, 0) is 17.7 Å². The molecule has 2 aromatic carbocycles. The smallest absolute Gasteiger partial charge is 0.407 e. The highest BCUT2D eigenvalue weighted by Crippen LogP contribution is 2.15. The molecule has 2 amide bonds. The van der Waals surface area contributed by atoms with Crippen molar-refractivity contribution in [3.8, 4) is 0 Å². The second-order valence-corrected chi connectivity index (χ2v) is 5.00. The summed E-state index contributed by atoms with van der Waals surface area (Å²) in [4.78, 5) is 35.2. The third-order valence-corrected chi connectivity index (χ3v) is 3.21. The summed E-state index contributed by atoms with van der Waals surface area (Å²) in [5.74, 6) is -1.06. The number of hydrogen-bond donors (Lipinski definition) is 2. The predicted molar refractivity (Wildman–Crippen MR) is 91.0 cm³/mol. The van der Waals surface area contributed by atoms with Crippen LogP contribution in [0.3, 0.4) is 0 Å². The molecule has 0 bridgehead atoms. The standard InChI is InChI=1S/C18H18N2O5/c1-24-17(22)14-9-5-6-10-15(14)20-16(21)11-19-18(23)25-12-13-7-3-2-4-8-13/h2-10H,11-12H2,1H3,(H,19,23)(H,20,21). The van der Waals surface area contributed by atoms with E-state index in [2.05, 4.69) is 15.4 Å². The molecule has 0 unspecified atom stereocenters. The molecule has 0 aliphatic rings. The maximum Gasteiger partial charge on any atom is 0.407 e. The molecule has 0 aliphatic carbocycles. The second-order valence-electron chi connectivity index (χ2n) is 5.00. The average Bonchev–Trinajstić information content (AvgIpc) is 2.65. The highest BCUT2D eigenvalue weighted by molar-refractivity contribution is 6.02. The fourth-order valence-electron chi connectivity index (χ4n) is 2.00. The highest BCUT2D eigenvalue weighted by Gasteiger charge is 2.13. The lowest BCUT2D eigenvalue weighted by Gasteiger charge is -2.10. The first kappa shape index (κ1) is 18.0. The number of ether oxygens (including phenoxy) is 2. The first-order chi connectivity index (χ1) is 12.1. The Balaban J connectivity index is 1.81. The van der Waals surface area contributed by atoms with E-state index in [0.29, 0.717) is 5.69 Å². The molecule has 0 aliphatic heterocycles. The van der Waals surface area contributed by atoms with Crippen molar-refractivity contribution >= 4 is 23.7 Å². The molecule has 0 spiro atoms. The van der Waals surface area contributed by atoms with E-state index in [1.54, 1.807) is 18.2 Å². The van der Waals surface area contributed by atoms with Crippen molar-refractivity contribution in [2.45, 2.75) is 6.61 Å². The fraction of sp³-hybridized carbons (Fsp3) is 0.167. The first-order valence-corrected chi connectivity index (χ1v) is 7.52. The second kappa shape index (κ2) is 9.07. The molecule has 0 fully saturated rings. The topological polar surface area (TPSA) is 93.7 Å². The zero-order valence-corrected chi connectivity index (χ0v) is 13.7. The summed E-state index contributed by atoms with van der Waals surface area (Å²) in [6.07, 6.45) is -0.708. The lowest BCUT2D eigenvalue weighted by Crippen LogP contribution is -2.33. The predicted octanol–water partition coefficient (Wildman–Crippen LogP) is 2.34. The van der Waals surface area contributed by atoms with E-state index in [9.17, 15) is 14.4 Å². The molecule has 2 rings (SSSR count). The first-order valence-electron chi connectivity index (χ1n) is 7.52. The van der Waals surface area contributed by atoms with Gasteiger partial charge in [0.2, 0.25) is 5.91 Å². The van der Waals surface area contributed by atoms with Crippen LogP contribution in [0.5, 0.6) is 0 Å². The number of amides is 2. The van der Waals surface area contributed by atoms with Crippen LogP contribution >= 0.6 is 0 Å². The maximum atomic E-state index is 11.9. The lowest BCUT2D eigenvalue weighted by atomic mass is 10.2. The van der Waals surface area contributed by atoms with Gasteiger partial charge in [0.1, 0.15) is 13.2 Å². The molecule has 2 aromatic rings. The van der Waals surface area contributed by atoms with Crippen LogP contribution in [0, 0.1) is 0 Å². The summed E-state index contributed by atoms with van der Waals surface area (Å²) in [5.41, 5.74) is 1.37. The Kier molecular flexibility index (Phi) is 6.53. The molecule has 0 saturated heterocycles. The monoisotopic (exact) mass is 342 g/mol. The van der Waals surface area contributed by atoms with Crippen molar-refractivity contribution in [2.75, 3.05) is 19.0 Å². The van der Waals surface area contributed by atoms with Crippen LogP contribution in [0.25, 0.3) is 0 Å². The van der Waals surface area contributed by atoms with Crippen LogP contribution in [0.2, 0.25) is 0 Å². The van der Waals surface area contributed by atoms with Gasteiger partial charge in [0, 0.05) is 0 Å². The van der Waals surface area contributed by atoms with E-state index < -0.39 is 18.0 Å². The van der Waals surface area contributed by atoms with E-state index >= 15 is 0 Å². The summed E-state index contributed by atoms with van der Waals surface area (Å²) in [6, 6.07) is 15.6. The van der Waals surface area contributed by atoms with Gasteiger partial charge < -0.3 is 20.1 Å². The number of methoxy groups -OCH3 is 1. The van der Waals surface area contributed by atoms with Gasteiger partial charge in [-0.15, -0.1) is 0 Å². The minimum atomic E-state index is -0.708. The van der Waals surface area contributed by atoms with Crippen LogP contribution in [-0.4, -0.2) is 31.6 Å². The van der Waals surface area contributed by atoms with E-state index in [-0.39, 0.29) is 18.7 Å². The van der Waals surface area contributed by atoms with Gasteiger partial charge in [-0.25, -0.2) is 9.59 Å². The normalized spacial score (nSPS) is 9.80.